The zero-order valence-electron chi connectivity index (χ0n) is 29.4. The van der Waals surface area contributed by atoms with Crippen molar-refractivity contribution in [3.8, 4) is 22.3 Å². The number of rotatable bonds is 5. The van der Waals surface area contributed by atoms with E-state index < -0.39 is 0 Å². The number of nitrogens with zero attached hydrogens (tertiary/aromatic N) is 1. The van der Waals surface area contributed by atoms with Crippen molar-refractivity contribution in [2.75, 3.05) is 4.90 Å². The fraction of sp³-hybridized carbons (Fsp3) is 0. The lowest BCUT2D eigenvalue weighted by Gasteiger charge is -2.30. The zero-order chi connectivity index (χ0) is 35.6. The van der Waals surface area contributed by atoms with E-state index in [1.54, 1.807) is 0 Å². The number of benzene rings is 10. The standard InChI is InChI=1S/C52H33NS/c1-2-14-34(15-3-1)39-30-31-50(44-23-11-10-21-42(39)44)53(37-27-29-46-47-28-26-35-16-4-7-19-40(35)52(47)54-51(46)33-37)49-25-13-12-24-45(49)48-32-36-17-5-6-18-38(36)41-20-8-9-22-43(41)48/h1-33H. The molecule has 0 fully saturated rings. The Hall–Kier alpha value is -6.74. The van der Waals surface area contributed by atoms with Crippen LogP contribution in [0.1, 0.15) is 0 Å². The lowest BCUT2D eigenvalue weighted by molar-refractivity contribution is 1.31. The molecule has 0 aliphatic carbocycles. The summed E-state index contributed by atoms with van der Waals surface area (Å²) in [6.45, 7) is 0. The third-order valence-corrected chi connectivity index (χ3v) is 12.2. The van der Waals surface area contributed by atoms with Gasteiger partial charge >= 0.3 is 0 Å². The summed E-state index contributed by atoms with van der Waals surface area (Å²) in [6, 6.07) is 73.5. The minimum Gasteiger partial charge on any atom is -0.309 e. The maximum absolute atomic E-state index is 2.50. The summed E-state index contributed by atoms with van der Waals surface area (Å²) in [7, 11) is 0. The summed E-state index contributed by atoms with van der Waals surface area (Å²) in [5, 5.41) is 12.7. The Morgan fingerprint density at radius 3 is 1.78 bits per heavy atom. The van der Waals surface area contributed by atoms with Crippen LogP contribution >= 0.6 is 11.3 Å². The molecule has 2 heteroatoms. The van der Waals surface area contributed by atoms with E-state index in [1.807, 2.05) is 11.3 Å². The van der Waals surface area contributed by atoms with Crippen LogP contribution in [0.3, 0.4) is 0 Å². The van der Waals surface area contributed by atoms with Crippen molar-refractivity contribution in [1.82, 2.24) is 0 Å². The molecule has 0 unspecified atom stereocenters. The zero-order valence-corrected chi connectivity index (χ0v) is 30.2. The van der Waals surface area contributed by atoms with E-state index in [4.69, 9.17) is 0 Å². The normalized spacial score (nSPS) is 11.7. The molecule has 252 valence electrons. The van der Waals surface area contributed by atoms with E-state index in [1.165, 1.54) is 85.5 Å². The summed E-state index contributed by atoms with van der Waals surface area (Å²) >= 11 is 1.89. The Labute approximate surface area is 317 Å². The number of para-hydroxylation sites is 1. The van der Waals surface area contributed by atoms with Gasteiger partial charge < -0.3 is 4.90 Å². The van der Waals surface area contributed by atoms with Crippen LogP contribution < -0.4 is 4.90 Å². The molecule has 0 bridgehead atoms. The molecular formula is C52H33NS. The summed E-state index contributed by atoms with van der Waals surface area (Å²) in [4.78, 5) is 2.50. The Balaban J connectivity index is 1.21. The van der Waals surface area contributed by atoms with Gasteiger partial charge in [-0.15, -0.1) is 11.3 Å². The van der Waals surface area contributed by atoms with Crippen molar-refractivity contribution < 1.29 is 0 Å². The highest BCUT2D eigenvalue weighted by atomic mass is 32.1. The van der Waals surface area contributed by atoms with Crippen molar-refractivity contribution >= 4 is 91.7 Å². The van der Waals surface area contributed by atoms with Crippen molar-refractivity contribution in [3.63, 3.8) is 0 Å². The molecule has 0 saturated heterocycles. The first kappa shape index (κ1) is 30.8. The Morgan fingerprint density at radius 1 is 0.315 bits per heavy atom. The lowest BCUT2D eigenvalue weighted by atomic mass is 9.91. The molecular weight excluding hydrogens is 671 g/mol. The quantitative estimate of drug-likeness (QED) is 0.161. The highest BCUT2D eigenvalue weighted by Crippen LogP contribution is 2.49. The molecule has 11 rings (SSSR count). The van der Waals surface area contributed by atoms with E-state index in [9.17, 15) is 0 Å². The highest BCUT2D eigenvalue weighted by molar-refractivity contribution is 7.26. The van der Waals surface area contributed by atoms with Gasteiger partial charge in [0, 0.05) is 36.8 Å². The van der Waals surface area contributed by atoms with Crippen molar-refractivity contribution in [3.05, 3.63) is 200 Å². The van der Waals surface area contributed by atoms with Crippen LogP contribution in [-0.4, -0.2) is 0 Å². The second kappa shape index (κ2) is 12.4. The van der Waals surface area contributed by atoms with Gasteiger partial charge in [0.15, 0.2) is 0 Å². The first-order valence-electron chi connectivity index (χ1n) is 18.5. The third kappa shape index (κ3) is 4.85. The number of hydrogen-bond acceptors (Lipinski definition) is 2. The van der Waals surface area contributed by atoms with Gasteiger partial charge in [0.1, 0.15) is 0 Å². The number of fused-ring (bicyclic) bond motifs is 9. The topological polar surface area (TPSA) is 3.24 Å². The van der Waals surface area contributed by atoms with Crippen LogP contribution in [0.5, 0.6) is 0 Å². The van der Waals surface area contributed by atoms with Gasteiger partial charge in [0.2, 0.25) is 0 Å². The number of thiophene rings is 1. The summed E-state index contributed by atoms with van der Waals surface area (Å²) < 4.78 is 2.62. The number of hydrogen-bond donors (Lipinski definition) is 0. The molecule has 0 aliphatic heterocycles. The largest absolute Gasteiger partial charge is 0.309 e. The molecule has 54 heavy (non-hydrogen) atoms. The van der Waals surface area contributed by atoms with E-state index in [0.717, 1.165) is 17.1 Å². The van der Waals surface area contributed by atoms with Crippen molar-refractivity contribution in [2.45, 2.75) is 0 Å². The molecule has 0 saturated carbocycles. The first-order chi connectivity index (χ1) is 26.8. The Bertz CT molecular complexity index is 3230. The predicted octanol–water partition coefficient (Wildman–Crippen LogP) is 15.5. The molecule has 10 aromatic carbocycles. The van der Waals surface area contributed by atoms with Gasteiger partial charge in [-0.2, -0.15) is 0 Å². The number of anilines is 3. The third-order valence-electron chi connectivity index (χ3n) is 11.0. The second-order valence-electron chi connectivity index (χ2n) is 14.0. The molecule has 1 nitrogen and oxygen atoms in total. The highest BCUT2D eigenvalue weighted by Gasteiger charge is 2.22. The molecule has 1 aromatic heterocycles. The van der Waals surface area contributed by atoms with Crippen molar-refractivity contribution in [1.29, 1.82) is 0 Å². The summed E-state index contributed by atoms with van der Waals surface area (Å²) in [5.41, 5.74) is 8.29. The first-order valence-corrected chi connectivity index (χ1v) is 19.3. The maximum atomic E-state index is 2.50. The van der Waals surface area contributed by atoms with E-state index in [2.05, 4.69) is 205 Å². The van der Waals surface area contributed by atoms with Crippen LogP contribution in [-0.2, 0) is 0 Å². The van der Waals surface area contributed by atoms with Crippen LogP contribution in [0.2, 0.25) is 0 Å². The fourth-order valence-electron chi connectivity index (χ4n) is 8.56. The van der Waals surface area contributed by atoms with Crippen LogP contribution in [0.4, 0.5) is 17.1 Å². The lowest BCUT2D eigenvalue weighted by Crippen LogP contribution is -2.12. The monoisotopic (exact) mass is 703 g/mol. The average molecular weight is 704 g/mol. The summed E-state index contributed by atoms with van der Waals surface area (Å²) in [6.07, 6.45) is 0. The minimum atomic E-state index is 1.13. The molecule has 0 radical (unpaired) electrons. The summed E-state index contributed by atoms with van der Waals surface area (Å²) in [5.74, 6) is 0. The van der Waals surface area contributed by atoms with Crippen LogP contribution in [0, 0.1) is 0 Å². The predicted molar refractivity (Wildman–Crippen MR) is 235 cm³/mol. The second-order valence-corrected chi connectivity index (χ2v) is 15.1. The molecule has 0 N–H and O–H groups in total. The van der Waals surface area contributed by atoms with Gasteiger partial charge in [-0.3, -0.25) is 0 Å². The van der Waals surface area contributed by atoms with E-state index in [0.29, 0.717) is 0 Å². The van der Waals surface area contributed by atoms with Gasteiger partial charge in [-0.1, -0.05) is 170 Å². The molecule has 0 amide bonds. The average Bonchev–Trinajstić information content (AvgIpc) is 3.63. The van der Waals surface area contributed by atoms with Gasteiger partial charge in [-0.05, 0) is 84.7 Å². The Morgan fingerprint density at radius 2 is 0.944 bits per heavy atom. The molecule has 0 aliphatic rings. The maximum Gasteiger partial charge on any atom is 0.0540 e. The molecule has 0 atom stereocenters. The molecule has 11 aromatic rings. The molecule has 0 spiro atoms. The SMILES string of the molecule is c1ccc(-c2ccc(N(c3ccc4c(c3)sc3c5ccccc5ccc43)c3ccccc3-c3cc4ccccc4c4ccccc34)c3ccccc23)cc1. The minimum absolute atomic E-state index is 1.13. The van der Waals surface area contributed by atoms with Crippen molar-refractivity contribution in [2.24, 2.45) is 0 Å². The van der Waals surface area contributed by atoms with E-state index >= 15 is 0 Å². The van der Waals surface area contributed by atoms with Gasteiger partial charge in [0.25, 0.3) is 0 Å². The Kier molecular flexibility index (Phi) is 7.11. The van der Waals surface area contributed by atoms with E-state index in [-0.39, 0.29) is 0 Å². The van der Waals surface area contributed by atoms with Crippen LogP contribution in [0.25, 0.3) is 85.5 Å². The molecule has 1 heterocycles. The smallest absolute Gasteiger partial charge is 0.0540 e. The van der Waals surface area contributed by atoms with Crippen LogP contribution in [0.15, 0.2) is 200 Å². The van der Waals surface area contributed by atoms with Gasteiger partial charge in [-0.25, -0.2) is 0 Å². The van der Waals surface area contributed by atoms with Gasteiger partial charge in [0.05, 0.1) is 11.4 Å². The fourth-order valence-corrected chi connectivity index (χ4v) is 9.83.